The molecule has 1 aromatic carbocycles. The average Bonchev–Trinajstić information content (AvgIpc) is 2.87. The molecule has 0 atom stereocenters. The van der Waals surface area contributed by atoms with E-state index in [1.54, 1.807) is 6.07 Å². The van der Waals surface area contributed by atoms with Crippen LogP contribution in [0, 0.1) is 10.1 Å². The second kappa shape index (κ2) is 6.16. The molecule has 0 fully saturated rings. The second-order valence-electron chi connectivity index (χ2n) is 4.05. The van der Waals surface area contributed by atoms with E-state index in [9.17, 15) is 15.2 Å². The zero-order chi connectivity index (χ0) is 14.7. The SMILES string of the molecule is CN(C)c1nnc(Sc2ccc([N+](=O)[O-])cc2CO)s1. The van der Waals surface area contributed by atoms with Gasteiger partial charge in [0.2, 0.25) is 5.13 Å². The summed E-state index contributed by atoms with van der Waals surface area (Å²) < 4.78 is 0.720. The number of aliphatic hydroxyl groups is 1. The molecule has 9 heteroatoms. The van der Waals surface area contributed by atoms with Gasteiger partial charge in [-0.3, -0.25) is 10.1 Å². The van der Waals surface area contributed by atoms with Crippen molar-refractivity contribution in [2.75, 3.05) is 19.0 Å². The molecule has 0 bridgehead atoms. The van der Waals surface area contributed by atoms with E-state index < -0.39 is 4.92 Å². The molecule has 2 aromatic rings. The standard InChI is InChI=1S/C11H12N4O3S2/c1-14(2)10-12-13-11(20-10)19-9-4-3-8(15(17)18)5-7(9)6-16/h3-5,16H,6H2,1-2H3. The van der Waals surface area contributed by atoms with Gasteiger partial charge in [0.15, 0.2) is 4.34 Å². The molecule has 0 saturated carbocycles. The number of non-ortho nitro benzene ring substituents is 1. The Morgan fingerprint density at radius 2 is 2.20 bits per heavy atom. The molecule has 20 heavy (non-hydrogen) atoms. The number of nitro groups is 1. The molecule has 0 unspecified atom stereocenters. The van der Waals surface area contributed by atoms with Gasteiger partial charge in [-0.15, -0.1) is 10.2 Å². The highest BCUT2D eigenvalue weighted by Crippen LogP contribution is 2.35. The normalized spacial score (nSPS) is 10.6. The van der Waals surface area contributed by atoms with Gasteiger partial charge in [-0.2, -0.15) is 0 Å². The van der Waals surface area contributed by atoms with Crippen molar-refractivity contribution in [3.05, 3.63) is 33.9 Å². The number of benzene rings is 1. The largest absolute Gasteiger partial charge is 0.392 e. The van der Waals surface area contributed by atoms with E-state index in [0.29, 0.717) is 5.56 Å². The third kappa shape index (κ3) is 3.24. The summed E-state index contributed by atoms with van der Waals surface area (Å²) in [6.07, 6.45) is 0. The first kappa shape index (κ1) is 14.7. The highest BCUT2D eigenvalue weighted by atomic mass is 32.2. The van der Waals surface area contributed by atoms with Crippen LogP contribution in [0.2, 0.25) is 0 Å². The molecule has 2 rings (SSSR count). The number of nitro benzene ring substituents is 1. The first-order chi connectivity index (χ1) is 9.51. The van der Waals surface area contributed by atoms with E-state index in [0.717, 1.165) is 14.4 Å². The van der Waals surface area contributed by atoms with Crippen LogP contribution >= 0.6 is 23.1 Å². The Balaban J connectivity index is 2.25. The lowest BCUT2D eigenvalue weighted by molar-refractivity contribution is -0.385. The van der Waals surface area contributed by atoms with Crippen LogP contribution in [0.25, 0.3) is 0 Å². The minimum Gasteiger partial charge on any atom is -0.392 e. The van der Waals surface area contributed by atoms with E-state index in [1.165, 1.54) is 35.2 Å². The van der Waals surface area contributed by atoms with Crippen LogP contribution in [0.5, 0.6) is 0 Å². The van der Waals surface area contributed by atoms with Crippen LogP contribution in [0.1, 0.15) is 5.56 Å². The molecular formula is C11H12N4O3S2. The Bertz CT molecular complexity index is 630. The molecule has 1 heterocycles. The summed E-state index contributed by atoms with van der Waals surface area (Å²) in [5, 5.41) is 28.9. The topological polar surface area (TPSA) is 92.4 Å². The van der Waals surface area contributed by atoms with Crippen molar-refractivity contribution in [3.63, 3.8) is 0 Å². The molecule has 0 saturated heterocycles. The van der Waals surface area contributed by atoms with Crippen molar-refractivity contribution in [1.29, 1.82) is 0 Å². The summed E-state index contributed by atoms with van der Waals surface area (Å²) in [7, 11) is 3.75. The molecule has 7 nitrogen and oxygen atoms in total. The summed E-state index contributed by atoms with van der Waals surface area (Å²) in [5.41, 5.74) is 0.468. The molecule has 1 N–H and O–H groups in total. The Labute approximate surface area is 123 Å². The highest BCUT2D eigenvalue weighted by Gasteiger charge is 2.13. The second-order valence-corrected chi connectivity index (χ2v) is 6.30. The number of hydrogen-bond donors (Lipinski definition) is 1. The van der Waals surface area contributed by atoms with Gasteiger partial charge in [-0.05, 0) is 11.6 Å². The fraction of sp³-hybridized carbons (Fsp3) is 0.273. The van der Waals surface area contributed by atoms with Crippen molar-refractivity contribution in [3.8, 4) is 0 Å². The van der Waals surface area contributed by atoms with E-state index in [4.69, 9.17) is 0 Å². The zero-order valence-electron chi connectivity index (χ0n) is 10.8. The molecule has 0 radical (unpaired) electrons. The van der Waals surface area contributed by atoms with Crippen molar-refractivity contribution >= 4 is 33.9 Å². The molecule has 106 valence electrons. The Morgan fingerprint density at radius 3 is 2.75 bits per heavy atom. The summed E-state index contributed by atoms with van der Waals surface area (Å²) in [6, 6.07) is 4.40. The fourth-order valence-corrected chi connectivity index (χ4v) is 3.24. The van der Waals surface area contributed by atoms with Crippen LogP contribution in [0.4, 0.5) is 10.8 Å². The molecule has 1 aromatic heterocycles. The molecule has 0 aliphatic rings. The molecule has 0 spiro atoms. The lowest BCUT2D eigenvalue weighted by Crippen LogP contribution is -2.07. The number of aliphatic hydroxyl groups excluding tert-OH is 1. The minimum atomic E-state index is -0.483. The van der Waals surface area contributed by atoms with Crippen molar-refractivity contribution < 1.29 is 10.0 Å². The van der Waals surface area contributed by atoms with Gasteiger partial charge in [0.05, 0.1) is 11.5 Å². The number of hydrogen-bond acceptors (Lipinski definition) is 8. The maximum absolute atomic E-state index is 10.7. The van der Waals surface area contributed by atoms with E-state index >= 15 is 0 Å². The summed E-state index contributed by atoms with van der Waals surface area (Å²) >= 11 is 2.75. The van der Waals surface area contributed by atoms with Gasteiger partial charge >= 0.3 is 0 Å². The van der Waals surface area contributed by atoms with Crippen molar-refractivity contribution in [2.45, 2.75) is 15.8 Å². The number of rotatable bonds is 5. The predicted molar refractivity (Wildman–Crippen MR) is 77.4 cm³/mol. The monoisotopic (exact) mass is 312 g/mol. The Kier molecular flexibility index (Phi) is 4.53. The number of anilines is 1. The molecular weight excluding hydrogens is 300 g/mol. The van der Waals surface area contributed by atoms with Crippen LogP contribution in [-0.2, 0) is 6.61 Å². The van der Waals surface area contributed by atoms with Gasteiger partial charge < -0.3 is 10.0 Å². The average molecular weight is 312 g/mol. The van der Waals surface area contributed by atoms with Gasteiger partial charge in [-0.1, -0.05) is 23.1 Å². The number of nitrogens with zero attached hydrogens (tertiary/aromatic N) is 4. The Morgan fingerprint density at radius 1 is 1.45 bits per heavy atom. The van der Waals surface area contributed by atoms with Crippen LogP contribution in [0.3, 0.4) is 0 Å². The van der Waals surface area contributed by atoms with Crippen LogP contribution < -0.4 is 4.90 Å². The molecule has 0 aliphatic heterocycles. The summed E-state index contributed by atoms with van der Waals surface area (Å²) in [5.74, 6) is 0. The van der Waals surface area contributed by atoms with E-state index in [2.05, 4.69) is 10.2 Å². The van der Waals surface area contributed by atoms with E-state index in [-0.39, 0.29) is 12.3 Å². The minimum absolute atomic E-state index is 0.0374. The summed E-state index contributed by atoms with van der Waals surface area (Å²) in [6.45, 7) is -0.261. The van der Waals surface area contributed by atoms with Crippen LogP contribution in [0.15, 0.2) is 27.4 Å². The third-order valence-corrected chi connectivity index (χ3v) is 4.66. The van der Waals surface area contributed by atoms with Gasteiger partial charge in [0.25, 0.3) is 5.69 Å². The highest BCUT2D eigenvalue weighted by molar-refractivity contribution is 8.01. The van der Waals surface area contributed by atoms with Gasteiger partial charge in [-0.25, -0.2) is 0 Å². The van der Waals surface area contributed by atoms with Crippen molar-refractivity contribution in [2.24, 2.45) is 0 Å². The maximum Gasteiger partial charge on any atom is 0.269 e. The zero-order valence-corrected chi connectivity index (χ0v) is 12.4. The maximum atomic E-state index is 10.7. The third-order valence-electron chi connectivity index (χ3n) is 2.40. The lowest BCUT2D eigenvalue weighted by atomic mass is 10.2. The number of aromatic nitrogens is 2. The Hall–Kier alpha value is -1.71. The lowest BCUT2D eigenvalue weighted by Gasteiger charge is -2.05. The first-order valence-corrected chi connectivity index (χ1v) is 7.21. The van der Waals surface area contributed by atoms with Crippen molar-refractivity contribution in [1.82, 2.24) is 10.2 Å². The smallest absolute Gasteiger partial charge is 0.269 e. The fourth-order valence-electron chi connectivity index (χ4n) is 1.42. The van der Waals surface area contributed by atoms with E-state index in [1.807, 2.05) is 19.0 Å². The quantitative estimate of drug-likeness (QED) is 0.668. The predicted octanol–water partition coefficient (Wildman–Crippen LogP) is 2.16. The summed E-state index contributed by atoms with van der Waals surface area (Å²) in [4.78, 5) is 12.8. The molecule has 0 amide bonds. The van der Waals surface area contributed by atoms with Gasteiger partial charge in [0, 0.05) is 31.1 Å². The first-order valence-electron chi connectivity index (χ1n) is 5.58. The van der Waals surface area contributed by atoms with Gasteiger partial charge in [0.1, 0.15) is 0 Å². The molecule has 0 aliphatic carbocycles. The van der Waals surface area contributed by atoms with Crippen LogP contribution in [-0.4, -0.2) is 34.3 Å².